The summed E-state index contributed by atoms with van der Waals surface area (Å²) in [6, 6.07) is 4.90. The Morgan fingerprint density at radius 2 is 1.91 bits per heavy atom. The molecule has 0 radical (unpaired) electrons. The standard InChI is InChI=1S/C17H26N2O3S/c1-5-19(6-2)23(21,22)15-10-7-12(3)16(11-15)17(20)18-13(4)14-8-9-14/h7,10-11,13-14H,5-6,8-9H2,1-4H3,(H,18,20)/t13-/m1/s1. The molecular formula is C17H26N2O3S. The van der Waals surface area contributed by atoms with Crippen molar-refractivity contribution in [1.29, 1.82) is 0 Å². The summed E-state index contributed by atoms with van der Waals surface area (Å²) in [6.45, 7) is 8.26. The number of hydrogen-bond donors (Lipinski definition) is 1. The highest BCUT2D eigenvalue weighted by atomic mass is 32.2. The lowest BCUT2D eigenvalue weighted by Crippen LogP contribution is -2.35. The summed E-state index contributed by atoms with van der Waals surface area (Å²) in [5.41, 5.74) is 1.22. The third kappa shape index (κ3) is 3.93. The van der Waals surface area contributed by atoms with Gasteiger partial charge < -0.3 is 5.32 Å². The van der Waals surface area contributed by atoms with E-state index in [0.717, 1.165) is 18.4 Å². The number of rotatable bonds is 7. The highest BCUT2D eigenvalue weighted by molar-refractivity contribution is 7.89. The van der Waals surface area contributed by atoms with E-state index in [1.807, 2.05) is 13.8 Å². The molecule has 2 rings (SSSR count). The average Bonchev–Trinajstić information content (AvgIpc) is 3.32. The molecule has 0 saturated heterocycles. The maximum Gasteiger partial charge on any atom is 0.251 e. The third-order valence-corrected chi connectivity index (χ3v) is 6.53. The van der Waals surface area contributed by atoms with Crippen molar-refractivity contribution < 1.29 is 13.2 Å². The molecule has 1 aliphatic rings. The van der Waals surface area contributed by atoms with Crippen molar-refractivity contribution in [1.82, 2.24) is 9.62 Å². The van der Waals surface area contributed by atoms with Crippen molar-refractivity contribution >= 4 is 15.9 Å². The van der Waals surface area contributed by atoms with Gasteiger partial charge in [0.2, 0.25) is 10.0 Å². The number of sulfonamides is 1. The molecule has 0 spiro atoms. The number of carbonyl (C=O) groups is 1. The predicted molar refractivity (Wildman–Crippen MR) is 90.9 cm³/mol. The Labute approximate surface area is 139 Å². The second-order valence-corrected chi connectivity index (χ2v) is 8.10. The molecule has 1 aromatic rings. The molecule has 1 N–H and O–H groups in total. The Hall–Kier alpha value is -1.40. The Morgan fingerprint density at radius 3 is 2.43 bits per heavy atom. The van der Waals surface area contributed by atoms with Crippen LogP contribution in [0.1, 0.15) is 49.5 Å². The number of nitrogens with one attached hydrogen (secondary N) is 1. The third-order valence-electron chi connectivity index (χ3n) is 4.48. The summed E-state index contributed by atoms with van der Waals surface area (Å²) in [6.07, 6.45) is 2.30. The van der Waals surface area contributed by atoms with Crippen LogP contribution in [-0.4, -0.2) is 37.8 Å². The van der Waals surface area contributed by atoms with E-state index >= 15 is 0 Å². The quantitative estimate of drug-likeness (QED) is 0.831. The van der Waals surface area contributed by atoms with Crippen molar-refractivity contribution in [3.05, 3.63) is 29.3 Å². The molecule has 1 aromatic carbocycles. The van der Waals surface area contributed by atoms with Crippen LogP contribution in [0.5, 0.6) is 0 Å². The molecule has 1 fully saturated rings. The maximum absolute atomic E-state index is 12.6. The molecule has 1 atom stereocenters. The fourth-order valence-electron chi connectivity index (χ4n) is 2.72. The van der Waals surface area contributed by atoms with Crippen LogP contribution in [0.3, 0.4) is 0 Å². The van der Waals surface area contributed by atoms with Crippen LogP contribution in [0.4, 0.5) is 0 Å². The van der Waals surface area contributed by atoms with Gasteiger partial charge in [-0.15, -0.1) is 0 Å². The molecule has 128 valence electrons. The van der Waals surface area contributed by atoms with Gasteiger partial charge in [-0.3, -0.25) is 4.79 Å². The first-order valence-corrected chi connectivity index (χ1v) is 9.66. The Morgan fingerprint density at radius 1 is 1.30 bits per heavy atom. The summed E-state index contributed by atoms with van der Waals surface area (Å²) in [7, 11) is -3.55. The van der Waals surface area contributed by atoms with Gasteiger partial charge in [-0.05, 0) is 50.3 Å². The van der Waals surface area contributed by atoms with Crippen molar-refractivity contribution in [3.63, 3.8) is 0 Å². The van der Waals surface area contributed by atoms with Gasteiger partial charge in [0.25, 0.3) is 5.91 Å². The van der Waals surface area contributed by atoms with Gasteiger partial charge in [0.15, 0.2) is 0 Å². The normalized spacial score (nSPS) is 16.4. The maximum atomic E-state index is 12.6. The van der Waals surface area contributed by atoms with Crippen molar-refractivity contribution in [2.75, 3.05) is 13.1 Å². The van der Waals surface area contributed by atoms with Crippen molar-refractivity contribution in [3.8, 4) is 0 Å². The van der Waals surface area contributed by atoms with E-state index < -0.39 is 10.0 Å². The summed E-state index contributed by atoms with van der Waals surface area (Å²) in [5.74, 6) is 0.361. The minimum absolute atomic E-state index is 0.130. The molecule has 1 amide bonds. The Balaban J connectivity index is 2.29. The van der Waals surface area contributed by atoms with Crippen LogP contribution >= 0.6 is 0 Å². The molecule has 0 unspecified atom stereocenters. The molecule has 23 heavy (non-hydrogen) atoms. The molecule has 0 heterocycles. The fraction of sp³-hybridized carbons (Fsp3) is 0.588. The van der Waals surface area contributed by atoms with E-state index in [-0.39, 0.29) is 16.8 Å². The monoisotopic (exact) mass is 338 g/mol. The second-order valence-electron chi connectivity index (χ2n) is 6.17. The van der Waals surface area contributed by atoms with Crippen molar-refractivity contribution in [2.24, 2.45) is 5.92 Å². The van der Waals surface area contributed by atoms with E-state index in [9.17, 15) is 13.2 Å². The SMILES string of the molecule is CCN(CC)S(=O)(=O)c1ccc(C)c(C(=O)N[C@H](C)C2CC2)c1. The second kappa shape index (κ2) is 7.01. The number of amides is 1. The molecule has 1 saturated carbocycles. The van der Waals surface area contributed by atoms with E-state index in [1.165, 1.54) is 10.4 Å². The molecule has 0 aromatic heterocycles. The number of benzene rings is 1. The first kappa shape index (κ1) is 17.9. The zero-order chi connectivity index (χ0) is 17.2. The Kier molecular flexibility index (Phi) is 5.47. The van der Waals surface area contributed by atoms with Crippen molar-refractivity contribution in [2.45, 2.75) is 51.5 Å². The van der Waals surface area contributed by atoms with Crippen LogP contribution in [-0.2, 0) is 10.0 Å². The zero-order valence-corrected chi connectivity index (χ0v) is 15.1. The van der Waals surface area contributed by atoms with Gasteiger partial charge in [-0.25, -0.2) is 8.42 Å². The van der Waals surface area contributed by atoms with Crippen LogP contribution in [0, 0.1) is 12.8 Å². The highest BCUT2D eigenvalue weighted by Crippen LogP contribution is 2.32. The number of aryl methyl sites for hydroxylation is 1. The molecule has 0 aliphatic heterocycles. The van der Waals surface area contributed by atoms with E-state index in [2.05, 4.69) is 5.32 Å². The first-order chi connectivity index (χ1) is 10.8. The predicted octanol–water partition coefficient (Wildman–Crippen LogP) is 2.55. The minimum Gasteiger partial charge on any atom is -0.349 e. The average molecular weight is 338 g/mol. The molecule has 6 heteroatoms. The Bertz CT molecular complexity index is 677. The summed E-state index contributed by atoms with van der Waals surface area (Å²) in [4.78, 5) is 12.7. The van der Waals surface area contributed by atoms with Gasteiger partial charge in [-0.2, -0.15) is 4.31 Å². The van der Waals surface area contributed by atoms with Gasteiger partial charge in [0.1, 0.15) is 0 Å². The summed E-state index contributed by atoms with van der Waals surface area (Å²) < 4.78 is 26.6. The van der Waals surface area contributed by atoms with Crippen LogP contribution in [0.25, 0.3) is 0 Å². The smallest absolute Gasteiger partial charge is 0.251 e. The van der Waals surface area contributed by atoms with Crippen LogP contribution in [0.15, 0.2) is 23.1 Å². The topological polar surface area (TPSA) is 66.5 Å². The molecule has 1 aliphatic carbocycles. The van der Waals surface area contributed by atoms with Crippen LogP contribution < -0.4 is 5.32 Å². The first-order valence-electron chi connectivity index (χ1n) is 8.22. The highest BCUT2D eigenvalue weighted by Gasteiger charge is 2.30. The van der Waals surface area contributed by atoms with Gasteiger partial charge in [0, 0.05) is 24.7 Å². The minimum atomic E-state index is -3.55. The lowest BCUT2D eigenvalue weighted by Gasteiger charge is -2.20. The largest absolute Gasteiger partial charge is 0.349 e. The zero-order valence-electron chi connectivity index (χ0n) is 14.3. The number of hydrogen-bond acceptors (Lipinski definition) is 3. The number of nitrogens with zero attached hydrogens (tertiary/aromatic N) is 1. The molecule has 0 bridgehead atoms. The van der Waals surface area contributed by atoms with Gasteiger partial charge in [0.05, 0.1) is 4.90 Å². The lowest BCUT2D eigenvalue weighted by molar-refractivity contribution is 0.0935. The fourth-order valence-corrected chi connectivity index (χ4v) is 4.20. The lowest BCUT2D eigenvalue weighted by atomic mass is 10.1. The molecule has 5 nitrogen and oxygen atoms in total. The van der Waals surface area contributed by atoms with Gasteiger partial charge in [-0.1, -0.05) is 19.9 Å². The van der Waals surface area contributed by atoms with E-state index in [4.69, 9.17) is 0 Å². The van der Waals surface area contributed by atoms with E-state index in [0.29, 0.717) is 24.6 Å². The summed E-state index contributed by atoms with van der Waals surface area (Å²) in [5, 5.41) is 2.99. The number of carbonyl (C=O) groups excluding carboxylic acids is 1. The van der Waals surface area contributed by atoms with Crippen LogP contribution in [0.2, 0.25) is 0 Å². The van der Waals surface area contributed by atoms with E-state index in [1.54, 1.807) is 26.0 Å². The summed E-state index contributed by atoms with van der Waals surface area (Å²) >= 11 is 0. The molecular weight excluding hydrogens is 312 g/mol. The van der Waals surface area contributed by atoms with Gasteiger partial charge >= 0.3 is 0 Å².